The van der Waals surface area contributed by atoms with Gasteiger partial charge in [-0.25, -0.2) is 13.1 Å². The summed E-state index contributed by atoms with van der Waals surface area (Å²) in [5.74, 6) is 1.02. The maximum atomic E-state index is 13.0. The number of anilines is 1. The summed E-state index contributed by atoms with van der Waals surface area (Å²) in [7, 11) is 0.283. The van der Waals surface area contributed by atoms with Gasteiger partial charge in [0.2, 0.25) is 10.0 Å². The average molecular weight is 448 g/mol. The number of rotatable bonds is 7. The highest BCUT2D eigenvalue weighted by Gasteiger charge is 2.26. The first-order valence-electron chi connectivity index (χ1n) is 10.4. The van der Waals surface area contributed by atoms with Crippen molar-refractivity contribution < 1.29 is 22.6 Å². The normalized spacial score (nSPS) is 17.9. The lowest BCUT2D eigenvalue weighted by molar-refractivity contribution is 0.0172. The molecule has 0 bridgehead atoms. The van der Waals surface area contributed by atoms with E-state index in [2.05, 4.69) is 33.9 Å². The van der Waals surface area contributed by atoms with Crippen molar-refractivity contribution in [2.75, 3.05) is 65.1 Å². The molecule has 9 heteroatoms. The zero-order valence-corrected chi connectivity index (χ0v) is 18.7. The fraction of sp³-hybridized carbons (Fsp3) is 0.455. The zero-order valence-electron chi connectivity index (χ0n) is 17.9. The van der Waals surface area contributed by atoms with Crippen LogP contribution < -0.4 is 19.1 Å². The van der Waals surface area contributed by atoms with Crippen LogP contribution in [0.15, 0.2) is 47.4 Å². The molecule has 0 amide bonds. The first-order chi connectivity index (χ1) is 14.9. The molecule has 2 aromatic rings. The highest BCUT2D eigenvalue weighted by atomic mass is 32.2. The molecule has 0 radical (unpaired) electrons. The molecule has 1 N–H and O–H groups in total. The van der Waals surface area contributed by atoms with E-state index in [1.807, 2.05) is 19.0 Å². The van der Waals surface area contributed by atoms with Crippen LogP contribution in [0, 0.1) is 0 Å². The van der Waals surface area contributed by atoms with E-state index in [4.69, 9.17) is 14.2 Å². The number of morpholine rings is 1. The second-order valence-electron chi connectivity index (χ2n) is 7.81. The van der Waals surface area contributed by atoms with Gasteiger partial charge in [-0.15, -0.1) is 0 Å². The van der Waals surface area contributed by atoms with Crippen LogP contribution in [0.4, 0.5) is 5.69 Å². The fourth-order valence-electron chi connectivity index (χ4n) is 3.80. The molecular weight excluding hydrogens is 418 g/mol. The van der Waals surface area contributed by atoms with E-state index >= 15 is 0 Å². The highest BCUT2D eigenvalue weighted by molar-refractivity contribution is 7.89. The van der Waals surface area contributed by atoms with Crippen molar-refractivity contribution in [2.24, 2.45) is 0 Å². The van der Waals surface area contributed by atoms with Crippen molar-refractivity contribution in [1.29, 1.82) is 0 Å². The molecule has 4 rings (SSSR count). The van der Waals surface area contributed by atoms with E-state index < -0.39 is 10.0 Å². The molecule has 0 spiro atoms. The van der Waals surface area contributed by atoms with Gasteiger partial charge in [-0.2, -0.15) is 0 Å². The largest absolute Gasteiger partial charge is 0.486 e. The van der Waals surface area contributed by atoms with Crippen molar-refractivity contribution in [3.05, 3.63) is 48.0 Å². The molecule has 1 atom stereocenters. The van der Waals surface area contributed by atoms with Crippen molar-refractivity contribution in [3.8, 4) is 11.5 Å². The molecule has 168 valence electrons. The molecule has 31 heavy (non-hydrogen) atoms. The average Bonchev–Trinajstić information content (AvgIpc) is 2.80. The Morgan fingerprint density at radius 3 is 2.32 bits per heavy atom. The lowest BCUT2D eigenvalue weighted by Crippen LogP contribution is -2.43. The molecule has 0 saturated carbocycles. The lowest BCUT2D eigenvalue weighted by Gasteiger charge is -2.35. The first-order valence-corrected chi connectivity index (χ1v) is 11.9. The quantitative estimate of drug-likeness (QED) is 0.694. The summed E-state index contributed by atoms with van der Waals surface area (Å²) in [6, 6.07) is 12.9. The van der Waals surface area contributed by atoms with Gasteiger partial charge >= 0.3 is 0 Å². The molecule has 8 nitrogen and oxygen atoms in total. The van der Waals surface area contributed by atoms with Crippen LogP contribution in [0.1, 0.15) is 11.6 Å². The highest BCUT2D eigenvalue weighted by Crippen LogP contribution is 2.32. The Labute approximate surface area is 183 Å². The Kier molecular flexibility index (Phi) is 6.66. The van der Waals surface area contributed by atoms with E-state index in [0.29, 0.717) is 37.9 Å². The number of nitrogens with zero attached hydrogens (tertiary/aromatic N) is 2. The van der Waals surface area contributed by atoms with Gasteiger partial charge in [-0.1, -0.05) is 12.1 Å². The van der Waals surface area contributed by atoms with Crippen LogP contribution in [-0.2, 0) is 14.8 Å². The second kappa shape index (κ2) is 9.44. The fourth-order valence-corrected chi connectivity index (χ4v) is 4.86. The number of benzene rings is 2. The predicted molar refractivity (Wildman–Crippen MR) is 119 cm³/mol. The van der Waals surface area contributed by atoms with Crippen LogP contribution in [-0.4, -0.2) is 73.5 Å². The Bertz CT molecular complexity index is 989. The minimum atomic E-state index is -3.71. The van der Waals surface area contributed by atoms with E-state index in [1.54, 1.807) is 12.1 Å². The van der Waals surface area contributed by atoms with Gasteiger partial charge in [-0.05, 0) is 29.8 Å². The van der Waals surface area contributed by atoms with Gasteiger partial charge in [-0.3, -0.25) is 4.90 Å². The number of nitrogens with one attached hydrogen (secondary N) is 1. The minimum Gasteiger partial charge on any atom is -0.486 e. The molecule has 0 aliphatic carbocycles. The van der Waals surface area contributed by atoms with Gasteiger partial charge in [0.05, 0.1) is 18.1 Å². The Morgan fingerprint density at radius 2 is 1.65 bits per heavy atom. The van der Waals surface area contributed by atoms with E-state index in [-0.39, 0.29) is 17.5 Å². The summed E-state index contributed by atoms with van der Waals surface area (Å²) < 4.78 is 45.4. The second-order valence-corrected chi connectivity index (χ2v) is 9.57. The molecule has 0 aromatic heterocycles. The molecule has 1 fully saturated rings. The molecule has 2 aliphatic heterocycles. The van der Waals surface area contributed by atoms with Crippen molar-refractivity contribution in [3.63, 3.8) is 0 Å². The molecular formula is C22H29N3O5S. The minimum absolute atomic E-state index is 0.0907. The zero-order chi connectivity index (χ0) is 21.8. The van der Waals surface area contributed by atoms with E-state index in [9.17, 15) is 8.42 Å². The molecule has 1 saturated heterocycles. The van der Waals surface area contributed by atoms with Gasteiger partial charge < -0.3 is 19.1 Å². The number of fused-ring (bicyclic) bond motifs is 1. The number of hydrogen-bond acceptors (Lipinski definition) is 7. The topological polar surface area (TPSA) is 80.3 Å². The standard InChI is InChI=1S/C22H29N3O5S/c1-24(2)18-5-3-17(4-6-18)20(25-9-11-28-12-10-25)16-23-31(26,27)19-7-8-21-22(15-19)30-14-13-29-21/h3-8,15,20,23H,9-14,16H2,1-2H3/t20-/m1/s1. The summed E-state index contributed by atoms with van der Waals surface area (Å²) in [6.07, 6.45) is 0. The van der Waals surface area contributed by atoms with Crippen LogP contribution in [0.3, 0.4) is 0 Å². The van der Waals surface area contributed by atoms with Gasteiger partial charge in [0.25, 0.3) is 0 Å². The van der Waals surface area contributed by atoms with Crippen LogP contribution in [0.25, 0.3) is 0 Å². The third-order valence-electron chi connectivity index (χ3n) is 5.57. The smallest absolute Gasteiger partial charge is 0.240 e. The third kappa shape index (κ3) is 5.12. The number of sulfonamides is 1. The monoisotopic (exact) mass is 447 g/mol. The van der Waals surface area contributed by atoms with Gasteiger partial charge in [0.15, 0.2) is 11.5 Å². The maximum Gasteiger partial charge on any atom is 0.240 e. The summed E-state index contributed by atoms with van der Waals surface area (Å²) in [6.45, 7) is 3.93. The maximum absolute atomic E-state index is 13.0. The third-order valence-corrected chi connectivity index (χ3v) is 6.99. The molecule has 0 unspecified atom stereocenters. The van der Waals surface area contributed by atoms with E-state index in [1.165, 1.54) is 6.07 Å². The summed E-state index contributed by atoms with van der Waals surface area (Å²) in [4.78, 5) is 4.47. The first kappa shape index (κ1) is 21.9. The predicted octanol–water partition coefficient (Wildman–Crippen LogP) is 1.88. The van der Waals surface area contributed by atoms with Crippen molar-refractivity contribution in [1.82, 2.24) is 9.62 Å². The van der Waals surface area contributed by atoms with E-state index in [0.717, 1.165) is 24.3 Å². The Hall–Kier alpha value is -2.33. The van der Waals surface area contributed by atoms with Crippen LogP contribution >= 0.6 is 0 Å². The van der Waals surface area contributed by atoms with Crippen LogP contribution in [0.2, 0.25) is 0 Å². The molecule has 2 heterocycles. The lowest BCUT2D eigenvalue weighted by atomic mass is 10.0. The SMILES string of the molecule is CN(C)c1ccc([C@@H](CNS(=O)(=O)c2ccc3c(c2)OCCO3)N2CCOCC2)cc1. The van der Waals surface area contributed by atoms with Gasteiger partial charge in [0, 0.05) is 51.5 Å². The number of hydrogen-bond donors (Lipinski definition) is 1. The number of ether oxygens (including phenoxy) is 3. The van der Waals surface area contributed by atoms with Gasteiger partial charge in [0.1, 0.15) is 13.2 Å². The summed E-state index contributed by atoms with van der Waals surface area (Å²) in [5.41, 5.74) is 2.17. The summed E-state index contributed by atoms with van der Waals surface area (Å²) in [5, 5.41) is 0. The molecule has 2 aliphatic rings. The summed E-state index contributed by atoms with van der Waals surface area (Å²) >= 11 is 0. The van der Waals surface area contributed by atoms with Crippen molar-refractivity contribution >= 4 is 15.7 Å². The van der Waals surface area contributed by atoms with Crippen molar-refractivity contribution in [2.45, 2.75) is 10.9 Å². The molecule has 2 aromatic carbocycles. The Balaban J connectivity index is 1.53. The van der Waals surface area contributed by atoms with Crippen LogP contribution in [0.5, 0.6) is 11.5 Å². The Morgan fingerprint density at radius 1 is 0.968 bits per heavy atom.